The van der Waals surface area contributed by atoms with Gasteiger partial charge < -0.3 is 29.7 Å². The molecule has 0 aromatic carbocycles. The molecule has 10 heteroatoms. The highest BCUT2D eigenvalue weighted by molar-refractivity contribution is 6.24. The first-order valence-electron chi connectivity index (χ1n) is 18.1. The first-order chi connectivity index (χ1) is 25.0. The average Bonchev–Trinajstić information content (AvgIpc) is 3.87. The summed E-state index contributed by atoms with van der Waals surface area (Å²) >= 11 is 0. The Hall–Kier alpha value is -5.38. The zero-order valence-electron chi connectivity index (χ0n) is 31.1. The molecule has 52 heavy (non-hydrogen) atoms. The third-order valence-corrected chi connectivity index (χ3v) is 10.9. The van der Waals surface area contributed by atoms with E-state index in [9.17, 15) is 19.2 Å². The quantitative estimate of drug-likeness (QED) is 0.0837. The van der Waals surface area contributed by atoms with E-state index in [4.69, 9.17) is 9.47 Å². The molecule has 6 rings (SSSR count). The number of esters is 2. The topological polar surface area (TPSA) is 146 Å². The Morgan fingerprint density at radius 3 is 2.37 bits per heavy atom. The summed E-state index contributed by atoms with van der Waals surface area (Å²) in [5, 5.41) is 5.03. The predicted molar refractivity (Wildman–Crippen MR) is 202 cm³/mol. The summed E-state index contributed by atoms with van der Waals surface area (Å²) < 4.78 is 10.8. The van der Waals surface area contributed by atoms with Gasteiger partial charge in [0.25, 0.3) is 0 Å². The number of aromatic amines is 3. The fourth-order valence-corrected chi connectivity index (χ4v) is 8.06. The predicted octanol–water partition coefficient (Wildman–Crippen LogP) is 5.94. The van der Waals surface area contributed by atoms with Gasteiger partial charge in [-0.3, -0.25) is 19.2 Å². The fraction of sp³-hybridized carbons (Fsp3) is 0.381. The van der Waals surface area contributed by atoms with Gasteiger partial charge >= 0.3 is 11.9 Å². The van der Waals surface area contributed by atoms with Gasteiger partial charge in [-0.2, -0.15) is 0 Å². The number of carbonyl (C=O) groups excluding carboxylic acids is 4. The first kappa shape index (κ1) is 36.4. The van der Waals surface area contributed by atoms with Crippen molar-refractivity contribution < 1.29 is 28.7 Å². The monoisotopic (exact) mass is 704 g/mol. The fourth-order valence-electron chi connectivity index (χ4n) is 8.06. The van der Waals surface area contributed by atoms with Crippen LogP contribution in [0, 0.1) is 31.6 Å². The van der Waals surface area contributed by atoms with Crippen LogP contribution in [-0.4, -0.2) is 52.7 Å². The molecule has 0 saturated carbocycles. The second-order valence-electron chi connectivity index (χ2n) is 14.0. The molecule has 5 heterocycles. The van der Waals surface area contributed by atoms with Crippen molar-refractivity contribution >= 4 is 53.9 Å². The van der Waals surface area contributed by atoms with E-state index in [-0.39, 0.29) is 36.6 Å². The molecule has 1 saturated heterocycles. The van der Waals surface area contributed by atoms with Crippen LogP contribution < -0.4 is 16.0 Å². The minimum absolute atomic E-state index is 0.126. The van der Waals surface area contributed by atoms with E-state index < -0.39 is 11.9 Å². The number of rotatable bonds is 11. The van der Waals surface area contributed by atoms with Gasteiger partial charge in [0.1, 0.15) is 12.5 Å². The van der Waals surface area contributed by atoms with Crippen LogP contribution in [-0.2, 0) is 25.5 Å². The maximum atomic E-state index is 14.2. The minimum Gasteiger partial charge on any atom is -0.468 e. The zero-order valence-corrected chi connectivity index (χ0v) is 31.1. The number of ether oxygens (including phenoxy) is 2. The number of H-pyrrole nitrogens is 3. The van der Waals surface area contributed by atoms with Crippen molar-refractivity contribution in [2.24, 2.45) is 17.8 Å². The van der Waals surface area contributed by atoms with Gasteiger partial charge in [0.05, 0.1) is 18.2 Å². The summed E-state index contributed by atoms with van der Waals surface area (Å²) in [5.41, 5.74) is 10.5. The molecule has 8 bridgehead atoms. The van der Waals surface area contributed by atoms with Gasteiger partial charge in [-0.05, 0) is 81.0 Å². The molecule has 1 aliphatic carbocycles. The summed E-state index contributed by atoms with van der Waals surface area (Å²) in [4.78, 5) is 63.8. The van der Waals surface area contributed by atoms with Crippen molar-refractivity contribution in [3.63, 3.8) is 0 Å². The number of fused-ring (bicyclic) bond motifs is 7. The molecule has 0 spiro atoms. The van der Waals surface area contributed by atoms with Gasteiger partial charge in [-0.15, -0.1) is 0 Å². The van der Waals surface area contributed by atoms with Crippen LogP contribution in [0.25, 0.3) is 29.9 Å². The minimum atomic E-state index is -1.18. The number of aldehydes is 1. The van der Waals surface area contributed by atoms with E-state index in [0.717, 1.165) is 58.3 Å². The number of carbonyl (C=O) groups is 4. The molecule has 272 valence electrons. The molecule has 0 unspecified atom stereocenters. The standard InChI is InChI=1S/C42H48N4O6/c1-9-12-21(4)15-16-52-35(48)14-13-27-23(6)30-17-29-22(5)25(10-2)32(43-29)19-34-28(20-47)26(11-3)33(44-34)18-31-24(7)36-40(46-31)37(39(27)45-30)38(41(36)49)42(50)51-8/h10,15,17-20,23,27,38,43-46H,2,9,11-14,16H2,1,3-8H3/b21-15+,30-17+,33-18-,34-19-,39-37-/t23-,27-,38+/m0/s1. The largest absolute Gasteiger partial charge is 0.468 e. The van der Waals surface area contributed by atoms with Crippen molar-refractivity contribution in [2.75, 3.05) is 13.7 Å². The smallest absolute Gasteiger partial charge is 0.321 e. The Bertz CT molecular complexity index is 2220. The second-order valence-corrected chi connectivity index (χ2v) is 14.0. The lowest BCUT2D eigenvalue weighted by atomic mass is 9.85. The Balaban J connectivity index is 1.58. The molecule has 0 amide bonds. The lowest BCUT2D eigenvalue weighted by molar-refractivity contribution is -0.143. The summed E-state index contributed by atoms with van der Waals surface area (Å²) in [6, 6.07) is 0. The van der Waals surface area contributed by atoms with Crippen molar-refractivity contribution in [3.8, 4) is 0 Å². The molecule has 4 N–H and O–H groups in total. The molecule has 3 aromatic rings. The van der Waals surface area contributed by atoms with Crippen LogP contribution in [0.4, 0.5) is 0 Å². The third kappa shape index (κ3) is 6.24. The second kappa shape index (κ2) is 14.7. The highest BCUT2D eigenvalue weighted by Gasteiger charge is 2.48. The molecule has 3 aliphatic rings. The van der Waals surface area contributed by atoms with Crippen LogP contribution in [0.15, 0.2) is 29.6 Å². The lowest BCUT2D eigenvalue weighted by Crippen LogP contribution is -2.25. The highest BCUT2D eigenvalue weighted by Crippen LogP contribution is 2.48. The molecule has 1 fully saturated rings. The van der Waals surface area contributed by atoms with E-state index in [1.165, 1.54) is 12.7 Å². The third-order valence-electron chi connectivity index (χ3n) is 10.9. The number of allylic oxidation sites excluding steroid dienone is 3. The SMILES string of the molecule is C=Cc1c2[nH]c(c1C)/C=C1/N/C(=C3\c4[nH]c(c(C)c4C(=O)[C@@H]3C(=O)OC)/C=c3\[nH]/c(c(C=O)c3CC)=C\2)[C@@H](CCC(=O)OC/C=C(\C)CCC)[C@@H]1C. The first-order valence-corrected chi connectivity index (χ1v) is 18.1. The molecule has 10 nitrogen and oxygen atoms in total. The van der Waals surface area contributed by atoms with E-state index >= 15 is 0 Å². The molecule has 0 radical (unpaired) electrons. The van der Waals surface area contributed by atoms with Gasteiger partial charge in [0, 0.05) is 74.3 Å². The van der Waals surface area contributed by atoms with Gasteiger partial charge in [0.15, 0.2) is 12.1 Å². The maximum absolute atomic E-state index is 14.2. The number of methoxy groups -OCH3 is 1. The van der Waals surface area contributed by atoms with E-state index in [2.05, 4.69) is 40.7 Å². The number of hydrogen-bond donors (Lipinski definition) is 4. The number of aromatic nitrogens is 3. The van der Waals surface area contributed by atoms with E-state index in [0.29, 0.717) is 57.5 Å². The number of ketones is 1. The normalized spacial score (nSPS) is 22.8. The van der Waals surface area contributed by atoms with E-state index in [1.54, 1.807) is 6.08 Å². The molecule has 3 aromatic heterocycles. The summed E-state index contributed by atoms with van der Waals surface area (Å²) in [6.45, 7) is 16.4. The molecular formula is C42H48N4O6. The number of hydrogen-bond acceptors (Lipinski definition) is 7. The Kier molecular flexibility index (Phi) is 10.3. The summed E-state index contributed by atoms with van der Waals surface area (Å²) in [5.74, 6) is -2.86. The van der Waals surface area contributed by atoms with Crippen LogP contribution in [0.3, 0.4) is 0 Å². The number of nitrogens with one attached hydrogen (secondary N) is 4. The van der Waals surface area contributed by atoms with Crippen molar-refractivity contribution in [1.82, 2.24) is 20.3 Å². The zero-order chi connectivity index (χ0) is 37.4. The average molecular weight is 705 g/mol. The molecule has 2 aliphatic heterocycles. The van der Waals surface area contributed by atoms with Gasteiger partial charge in [-0.25, -0.2) is 0 Å². The van der Waals surface area contributed by atoms with Crippen molar-refractivity contribution in [2.45, 2.75) is 73.6 Å². The van der Waals surface area contributed by atoms with Crippen molar-refractivity contribution in [3.05, 3.63) is 96.5 Å². The molecule has 3 atom stereocenters. The number of Topliss-reactive ketones (excluding diaryl/α,β-unsaturated/α-hetero) is 1. The van der Waals surface area contributed by atoms with Gasteiger partial charge in [-0.1, -0.05) is 45.4 Å². The maximum Gasteiger partial charge on any atom is 0.321 e. The van der Waals surface area contributed by atoms with Crippen LogP contribution in [0.1, 0.15) is 119 Å². The summed E-state index contributed by atoms with van der Waals surface area (Å²) in [6.07, 6.45) is 13.7. The Labute approximate surface area is 303 Å². The van der Waals surface area contributed by atoms with Gasteiger partial charge in [0.2, 0.25) is 0 Å². The van der Waals surface area contributed by atoms with Crippen molar-refractivity contribution in [1.29, 1.82) is 0 Å². The van der Waals surface area contributed by atoms with E-state index in [1.807, 2.05) is 52.0 Å². The molecular weight excluding hydrogens is 656 g/mol. The lowest BCUT2D eigenvalue weighted by Gasteiger charge is -2.19. The highest BCUT2D eigenvalue weighted by atomic mass is 16.5. The summed E-state index contributed by atoms with van der Waals surface area (Å²) in [7, 11) is 1.29. The van der Waals surface area contributed by atoms with Crippen LogP contribution in [0.5, 0.6) is 0 Å². The Morgan fingerprint density at radius 1 is 0.962 bits per heavy atom. The Morgan fingerprint density at radius 2 is 1.69 bits per heavy atom. The van der Waals surface area contributed by atoms with Crippen LogP contribution >= 0.6 is 0 Å². The van der Waals surface area contributed by atoms with Crippen LogP contribution in [0.2, 0.25) is 0 Å².